The third kappa shape index (κ3) is 3.38. The van der Waals surface area contributed by atoms with Crippen molar-refractivity contribution < 1.29 is 9.31 Å². The summed E-state index contributed by atoms with van der Waals surface area (Å²) < 4.78 is 13.5. The predicted octanol–water partition coefficient (Wildman–Crippen LogP) is 3.05. The Bertz CT molecular complexity index is 538. The van der Waals surface area contributed by atoms with Crippen molar-refractivity contribution >= 4 is 11.4 Å². The Kier molecular flexibility index (Phi) is 4.57. The zero-order chi connectivity index (χ0) is 15.5. The molecule has 6 heteroatoms. The van der Waals surface area contributed by atoms with Crippen LogP contribution in [0.4, 0.5) is 15.8 Å². The van der Waals surface area contributed by atoms with Gasteiger partial charge < -0.3 is 9.80 Å². The van der Waals surface area contributed by atoms with Crippen LogP contribution in [0.1, 0.15) is 25.7 Å². The van der Waals surface area contributed by atoms with Gasteiger partial charge in [0.2, 0.25) is 0 Å². The molecule has 0 amide bonds. The van der Waals surface area contributed by atoms with Gasteiger partial charge in [-0.05, 0) is 50.8 Å². The average Bonchev–Trinajstić information content (AvgIpc) is 3.00. The van der Waals surface area contributed by atoms with E-state index in [9.17, 15) is 14.5 Å². The molecule has 2 heterocycles. The molecular formula is C16H22FN3O2. The standard InChI is InChI=1S/C16H22FN3O2/c17-14-3-4-15(20(21)22)16(11-14)19-9-5-13(6-10-19)12-18-7-1-2-8-18/h3-4,11,13H,1-2,5-10,12H2. The summed E-state index contributed by atoms with van der Waals surface area (Å²) in [5.41, 5.74) is 0.420. The van der Waals surface area contributed by atoms with Gasteiger partial charge in [0.25, 0.3) is 5.69 Å². The number of nitro groups is 1. The third-order valence-electron chi connectivity index (χ3n) is 4.80. The molecule has 2 aliphatic rings. The Balaban J connectivity index is 1.63. The van der Waals surface area contributed by atoms with Crippen LogP contribution in [0.25, 0.3) is 0 Å². The van der Waals surface area contributed by atoms with Gasteiger partial charge in [0, 0.05) is 31.8 Å². The Morgan fingerprint density at radius 1 is 1.18 bits per heavy atom. The van der Waals surface area contributed by atoms with Crippen molar-refractivity contribution in [1.29, 1.82) is 0 Å². The summed E-state index contributed by atoms with van der Waals surface area (Å²) in [6, 6.07) is 3.71. The summed E-state index contributed by atoms with van der Waals surface area (Å²) in [4.78, 5) is 15.2. The first-order valence-corrected chi connectivity index (χ1v) is 8.05. The molecule has 2 saturated heterocycles. The van der Waals surface area contributed by atoms with E-state index >= 15 is 0 Å². The summed E-state index contributed by atoms with van der Waals surface area (Å²) in [6.45, 7) is 5.08. The second-order valence-corrected chi connectivity index (χ2v) is 6.33. The van der Waals surface area contributed by atoms with Gasteiger partial charge in [-0.1, -0.05) is 0 Å². The van der Waals surface area contributed by atoms with Gasteiger partial charge >= 0.3 is 0 Å². The number of halogens is 1. The molecule has 3 rings (SSSR count). The molecule has 0 radical (unpaired) electrons. The zero-order valence-electron chi connectivity index (χ0n) is 12.7. The van der Waals surface area contributed by atoms with Gasteiger partial charge in [-0.3, -0.25) is 10.1 Å². The van der Waals surface area contributed by atoms with E-state index in [2.05, 4.69) is 4.90 Å². The maximum absolute atomic E-state index is 13.5. The fourth-order valence-corrected chi connectivity index (χ4v) is 3.59. The van der Waals surface area contributed by atoms with E-state index in [-0.39, 0.29) is 5.69 Å². The van der Waals surface area contributed by atoms with E-state index < -0.39 is 10.7 Å². The Morgan fingerprint density at radius 3 is 2.50 bits per heavy atom. The first-order chi connectivity index (χ1) is 10.6. The minimum atomic E-state index is -0.426. The van der Waals surface area contributed by atoms with Crippen molar-refractivity contribution in [2.75, 3.05) is 37.6 Å². The van der Waals surface area contributed by atoms with E-state index in [0.29, 0.717) is 11.6 Å². The van der Waals surface area contributed by atoms with Gasteiger partial charge in [-0.25, -0.2) is 4.39 Å². The maximum Gasteiger partial charge on any atom is 0.292 e. The Morgan fingerprint density at radius 2 is 1.86 bits per heavy atom. The van der Waals surface area contributed by atoms with Gasteiger partial charge in [-0.15, -0.1) is 0 Å². The summed E-state index contributed by atoms with van der Waals surface area (Å²) in [7, 11) is 0. The van der Waals surface area contributed by atoms with Crippen molar-refractivity contribution in [2.45, 2.75) is 25.7 Å². The van der Waals surface area contributed by atoms with E-state index in [4.69, 9.17) is 0 Å². The second kappa shape index (κ2) is 6.60. The van der Waals surface area contributed by atoms with Crippen LogP contribution in [0.5, 0.6) is 0 Å². The molecule has 0 aromatic heterocycles. The summed E-state index contributed by atoms with van der Waals surface area (Å²) >= 11 is 0. The summed E-state index contributed by atoms with van der Waals surface area (Å²) in [5, 5.41) is 11.1. The van der Waals surface area contributed by atoms with Crippen molar-refractivity contribution in [1.82, 2.24) is 4.90 Å². The van der Waals surface area contributed by atoms with Crippen LogP contribution < -0.4 is 4.90 Å². The molecule has 120 valence electrons. The lowest BCUT2D eigenvalue weighted by Crippen LogP contribution is -2.38. The molecule has 0 bridgehead atoms. The molecule has 0 saturated carbocycles. The van der Waals surface area contributed by atoms with E-state index in [0.717, 1.165) is 38.5 Å². The van der Waals surface area contributed by atoms with Crippen molar-refractivity contribution in [3.63, 3.8) is 0 Å². The van der Waals surface area contributed by atoms with Crippen molar-refractivity contribution in [3.8, 4) is 0 Å². The van der Waals surface area contributed by atoms with Gasteiger partial charge in [0.05, 0.1) is 4.92 Å². The quantitative estimate of drug-likeness (QED) is 0.634. The minimum Gasteiger partial charge on any atom is -0.366 e. The van der Waals surface area contributed by atoms with Crippen LogP contribution in [0.3, 0.4) is 0 Å². The molecule has 0 N–H and O–H groups in total. The summed E-state index contributed by atoms with van der Waals surface area (Å²) in [5.74, 6) is 0.238. The first-order valence-electron chi connectivity index (χ1n) is 8.05. The second-order valence-electron chi connectivity index (χ2n) is 6.33. The monoisotopic (exact) mass is 307 g/mol. The highest BCUT2D eigenvalue weighted by atomic mass is 19.1. The number of benzene rings is 1. The largest absolute Gasteiger partial charge is 0.366 e. The number of rotatable bonds is 4. The van der Waals surface area contributed by atoms with Gasteiger partial charge in [0.15, 0.2) is 0 Å². The van der Waals surface area contributed by atoms with Crippen LogP contribution in [0.15, 0.2) is 18.2 Å². The number of nitrogens with zero attached hydrogens (tertiary/aromatic N) is 3. The highest BCUT2D eigenvalue weighted by molar-refractivity contribution is 5.63. The molecule has 0 unspecified atom stereocenters. The molecule has 5 nitrogen and oxygen atoms in total. The molecule has 1 aromatic rings. The molecule has 2 aliphatic heterocycles. The molecule has 22 heavy (non-hydrogen) atoms. The van der Waals surface area contributed by atoms with Crippen LogP contribution in [-0.2, 0) is 0 Å². The maximum atomic E-state index is 13.5. The van der Waals surface area contributed by atoms with E-state index in [1.165, 1.54) is 38.1 Å². The van der Waals surface area contributed by atoms with E-state index in [1.807, 2.05) is 4.90 Å². The zero-order valence-corrected chi connectivity index (χ0v) is 12.7. The smallest absolute Gasteiger partial charge is 0.292 e. The van der Waals surface area contributed by atoms with Crippen molar-refractivity contribution in [2.24, 2.45) is 5.92 Å². The lowest BCUT2D eigenvalue weighted by molar-refractivity contribution is -0.384. The predicted molar refractivity (Wildman–Crippen MR) is 83.7 cm³/mol. The number of piperidine rings is 1. The highest BCUT2D eigenvalue weighted by Crippen LogP contribution is 2.32. The SMILES string of the molecule is O=[N+]([O-])c1ccc(F)cc1N1CCC(CN2CCCC2)CC1. The summed E-state index contributed by atoms with van der Waals surface area (Å²) in [6.07, 6.45) is 4.64. The fraction of sp³-hybridized carbons (Fsp3) is 0.625. The molecule has 1 aromatic carbocycles. The number of nitro benzene ring substituents is 1. The van der Waals surface area contributed by atoms with Gasteiger partial charge in [0.1, 0.15) is 11.5 Å². The van der Waals surface area contributed by atoms with E-state index in [1.54, 1.807) is 0 Å². The topological polar surface area (TPSA) is 49.6 Å². The Labute approximate surface area is 129 Å². The number of anilines is 1. The first kappa shape index (κ1) is 15.2. The molecule has 2 fully saturated rings. The van der Waals surface area contributed by atoms with Crippen LogP contribution in [0, 0.1) is 21.8 Å². The molecule has 0 spiro atoms. The molecule has 0 aliphatic carbocycles. The molecule has 0 atom stereocenters. The lowest BCUT2D eigenvalue weighted by atomic mass is 9.95. The van der Waals surface area contributed by atoms with Crippen LogP contribution in [-0.4, -0.2) is 42.5 Å². The average molecular weight is 307 g/mol. The Hall–Kier alpha value is -1.69. The molecular weight excluding hydrogens is 285 g/mol. The number of hydrogen-bond donors (Lipinski definition) is 0. The third-order valence-corrected chi connectivity index (χ3v) is 4.80. The van der Waals surface area contributed by atoms with Gasteiger partial charge in [-0.2, -0.15) is 0 Å². The number of hydrogen-bond acceptors (Lipinski definition) is 4. The number of likely N-dealkylation sites (tertiary alicyclic amines) is 1. The highest BCUT2D eigenvalue weighted by Gasteiger charge is 2.26. The van der Waals surface area contributed by atoms with Crippen molar-refractivity contribution in [3.05, 3.63) is 34.1 Å². The fourth-order valence-electron chi connectivity index (χ4n) is 3.59. The van der Waals surface area contributed by atoms with Crippen LogP contribution >= 0.6 is 0 Å². The lowest BCUT2D eigenvalue weighted by Gasteiger charge is -2.34. The minimum absolute atomic E-state index is 0.000562. The normalized spacial score (nSPS) is 20.5. The van der Waals surface area contributed by atoms with Crippen LogP contribution in [0.2, 0.25) is 0 Å².